The molecule has 0 radical (unpaired) electrons. The van der Waals surface area contributed by atoms with Gasteiger partial charge in [0.05, 0.1) is 0 Å². The van der Waals surface area contributed by atoms with Gasteiger partial charge in [0.1, 0.15) is 0 Å². The molecule has 2 nitrogen and oxygen atoms in total. The summed E-state index contributed by atoms with van der Waals surface area (Å²) in [6.45, 7) is 4.04. The maximum Gasteiger partial charge on any atom is 0.166 e. The molecule has 0 aliphatic carbocycles. The van der Waals surface area contributed by atoms with E-state index in [0.717, 1.165) is 21.9 Å². The predicted octanol–water partition coefficient (Wildman–Crippen LogP) is 4.02. The number of aromatic hydroxyl groups is 2. The Kier molecular flexibility index (Phi) is 2.20. The Morgan fingerprint density at radius 1 is 0.611 bits per heavy atom. The zero-order chi connectivity index (χ0) is 12.9. The van der Waals surface area contributed by atoms with E-state index >= 15 is 0 Å². The molecule has 3 aromatic carbocycles. The lowest BCUT2D eigenvalue weighted by atomic mass is 9.97. The number of hydrogen-bond donors (Lipinski definition) is 2. The van der Waals surface area contributed by atoms with Crippen molar-refractivity contribution in [1.29, 1.82) is 0 Å². The molecule has 0 saturated carbocycles. The fourth-order valence-electron chi connectivity index (χ4n) is 2.43. The lowest BCUT2D eigenvalue weighted by molar-refractivity contribution is 0.412. The average Bonchev–Trinajstić information content (AvgIpc) is 2.36. The second-order valence-corrected chi connectivity index (χ2v) is 4.80. The molecule has 90 valence electrons. The van der Waals surface area contributed by atoms with Crippen LogP contribution in [0.25, 0.3) is 21.5 Å². The van der Waals surface area contributed by atoms with Crippen LogP contribution in [0.15, 0.2) is 36.4 Å². The zero-order valence-electron chi connectivity index (χ0n) is 10.4. The molecule has 0 aliphatic rings. The minimum absolute atomic E-state index is 0.0404. The first-order valence-corrected chi connectivity index (χ1v) is 5.92. The van der Waals surface area contributed by atoms with Gasteiger partial charge < -0.3 is 10.2 Å². The SMILES string of the molecule is Cc1ccc2c(O)c(O)c3ccc(C)cc3c2c1. The highest BCUT2D eigenvalue weighted by atomic mass is 16.3. The molecule has 3 aromatic rings. The maximum absolute atomic E-state index is 10.1. The van der Waals surface area contributed by atoms with Crippen molar-refractivity contribution in [2.24, 2.45) is 0 Å². The van der Waals surface area contributed by atoms with Gasteiger partial charge in [0.25, 0.3) is 0 Å². The molecule has 0 aliphatic heterocycles. The van der Waals surface area contributed by atoms with E-state index in [1.165, 1.54) is 0 Å². The summed E-state index contributed by atoms with van der Waals surface area (Å²) in [5, 5.41) is 23.5. The van der Waals surface area contributed by atoms with E-state index in [2.05, 4.69) is 0 Å². The number of hydrogen-bond acceptors (Lipinski definition) is 2. The summed E-state index contributed by atoms with van der Waals surface area (Å²) < 4.78 is 0. The van der Waals surface area contributed by atoms with Crippen molar-refractivity contribution >= 4 is 21.5 Å². The van der Waals surface area contributed by atoms with Crippen LogP contribution < -0.4 is 0 Å². The second-order valence-electron chi connectivity index (χ2n) is 4.80. The molecular formula is C16H14O2. The number of rotatable bonds is 0. The average molecular weight is 238 g/mol. The summed E-state index contributed by atoms with van der Waals surface area (Å²) in [6, 6.07) is 11.6. The van der Waals surface area contributed by atoms with E-state index in [1.54, 1.807) is 0 Å². The third-order valence-electron chi connectivity index (χ3n) is 3.37. The fraction of sp³-hybridized carbons (Fsp3) is 0.125. The summed E-state index contributed by atoms with van der Waals surface area (Å²) >= 11 is 0. The van der Waals surface area contributed by atoms with Gasteiger partial charge in [-0.3, -0.25) is 0 Å². The smallest absolute Gasteiger partial charge is 0.166 e. The topological polar surface area (TPSA) is 40.5 Å². The fourth-order valence-corrected chi connectivity index (χ4v) is 2.43. The Morgan fingerprint density at radius 3 is 1.39 bits per heavy atom. The van der Waals surface area contributed by atoms with Gasteiger partial charge in [0.15, 0.2) is 11.5 Å². The first kappa shape index (κ1) is 10.9. The van der Waals surface area contributed by atoms with Gasteiger partial charge in [0, 0.05) is 10.8 Å². The van der Waals surface area contributed by atoms with Gasteiger partial charge >= 0.3 is 0 Å². The first-order chi connectivity index (χ1) is 8.58. The Bertz CT molecular complexity index is 706. The molecule has 0 spiro atoms. The Hall–Kier alpha value is -2.22. The zero-order valence-corrected chi connectivity index (χ0v) is 10.4. The first-order valence-electron chi connectivity index (χ1n) is 5.92. The van der Waals surface area contributed by atoms with Crippen LogP contribution in [0.4, 0.5) is 0 Å². The predicted molar refractivity (Wildman–Crippen MR) is 74.3 cm³/mol. The summed E-state index contributed by atoms with van der Waals surface area (Å²) in [5.74, 6) is -0.0808. The molecule has 0 fully saturated rings. The van der Waals surface area contributed by atoms with E-state index in [0.29, 0.717) is 10.8 Å². The quantitative estimate of drug-likeness (QED) is 0.458. The molecule has 0 atom stereocenters. The minimum atomic E-state index is -0.0404. The number of aryl methyl sites for hydroxylation is 2. The van der Waals surface area contributed by atoms with Crippen LogP contribution in [0.5, 0.6) is 11.5 Å². The number of fused-ring (bicyclic) bond motifs is 3. The molecule has 2 N–H and O–H groups in total. The van der Waals surface area contributed by atoms with Crippen LogP contribution in [-0.2, 0) is 0 Å². The summed E-state index contributed by atoms with van der Waals surface area (Å²) in [7, 11) is 0. The molecular weight excluding hydrogens is 224 g/mol. The van der Waals surface area contributed by atoms with Gasteiger partial charge in [0.2, 0.25) is 0 Å². The molecule has 0 heterocycles. The summed E-state index contributed by atoms with van der Waals surface area (Å²) in [4.78, 5) is 0. The minimum Gasteiger partial charge on any atom is -0.504 e. The van der Waals surface area contributed by atoms with Crippen LogP contribution in [0.3, 0.4) is 0 Å². The van der Waals surface area contributed by atoms with Gasteiger partial charge in [-0.2, -0.15) is 0 Å². The highest BCUT2D eigenvalue weighted by Gasteiger charge is 2.12. The Balaban J connectivity index is 2.64. The van der Waals surface area contributed by atoms with Crippen molar-refractivity contribution in [3.8, 4) is 11.5 Å². The lowest BCUT2D eigenvalue weighted by Gasteiger charge is -2.10. The second kappa shape index (κ2) is 3.64. The molecule has 0 bridgehead atoms. The Labute approximate surface area is 105 Å². The van der Waals surface area contributed by atoms with E-state index < -0.39 is 0 Å². The molecule has 2 heteroatoms. The maximum atomic E-state index is 10.1. The summed E-state index contributed by atoms with van der Waals surface area (Å²) in [5.41, 5.74) is 2.27. The number of benzene rings is 3. The van der Waals surface area contributed by atoms with Crippen LogP contribution in [0, 0.1) is 13.8 Å². The van der Waals surface area contributed by atoms with Crippen molar-refractivity contribution in [2.45, 2.75) is 13.8 Å². The molecule has 0 unspecified atom stereocenters. The van der Waals surface area contributed by atoms with Crippen molar-refractivity contribution in [3.63, 3.8) is 0 Å². The molecule has 18 heavy (non-hydrogen) atoms. The van der Waals surface area contributed by atoms with Gasteiger partial charge in [-0.1, -0.05) is 47.5 Å². The van der Waals surface area contributed by atoms with Crippen LogP contribution in [-0.4, -0.2) is 10.2 Å². The highest BCUT2D eigenvalue weighted by Crippen LogP contribution is 2.42. The van der Waals surface area contributed by atoms with E-state index in [9.17, 15) is 10.2 Å². The summed E-state index contributed by atoms with van der Waals surface area (Å²) in [6.07, 6.45) is 0. The molecule has 3 rings (SSSR count). The van der Waals surface area contributed by atoms with Crippen molar-refractivity contribution in [2.75, 3.05) is 0 Å². The van der Waals surface area contributed by atoms with Gasteiger partial charge in [-0.15, -0.1) is 0 Å². The van der Waals surface area contributed by atoms with Crippen LogP contribution >= 0.6 is 0 Å². The van der Waals surface area contributed by atoms with E-state index in [1.807, 2.05) is 50.2 Å². The number of phenols is 2. The standard InChI is InChI=1S/C16H14O2/c1-9-3-5-11-13(7-9)14-8-10(2)4-6-12(14)16(18)15(11)17/h3-8,17-18H,1-2H3. The van der Waals surface area contributed by atoms with Gasteiger partial charge in [-0.05, 0) is 24.6 Å². The van der Waals surface area contributed by atoms with Gasteiger partial charge in [-0.25, -0.2) is 0 Å². The third kappa shape index (κ3) is 1.42. The third-order valence-corrected chi connectivity index (χ3v) is 3.37. The van der Waals surface area contributed by atoms with E-state index in [-0.39, 0.29) is 11.5 Å². The molecule has 0 aromatic heterocycles. The normalized spacial score (nSPS) is 11.2. The van der Waals surface area contributed by atoms with Crippen molar-refractivity contribution in [3.05, 3.63) is 47.5 Å². The lowest BCUT2D eigenvalue weighted by Crippen LogP contribution is -1.84. The van der Waals surface area contributed by atoms with Crippen LogP contribution in [0.1, 0.15) is 11.1 Å². The van der Waals surface area contributed by atoms with Crippen LogP contribution in [0.2, 0.25) is 0 Å². The molecule has 0 amide bonds. The highest BCUT2D eigenvalue weighted by molar-refractivity contribution is 6.13. The monoisotopic (exact) mass is 238 g/mol. The molecule has 0 saturated heterocycles. The Morgan fingerprint density at radius 2 is 1.00 bits per heavy atom. The largest absolute Gasteiger partial charge is 0.504 e. The number of phenolic OH excluding ortho intramolecular Hbond substituents is 2. The van der Waals surface area contributed by atoms with Crippen molar-refractivity contribution in [1.82, 2.24) is 0 Å². The van der Waals surface area contributed by atoms with E-state index in [4.69, 9.17) is 0 Å². The van der Waals surface area contributed by atoms with Crippen molar-refractivity contribution < 1.29 is 10.2 Å².